The lowest BCUT2D eigenvalue weighted by atomic mass is 9.99. The van der Waals surface area contributed by atoms with Gasteiger partial charge in [0.1, 0.15) is 30.0 Å². The predicted octanol–water partition coefficient (Wildman–Crippen LogP) is -2.60. The van der Waals surface area contributed by atoms with Gasteiger partial charge in [0.05, 0.1) is 6.61 Å². The van der Waals surface area contributed by atoms with E-state index in [2.05, 4.69) is 21.8 Å². The van der Waals surface area contributed by atoms with Gasteiger partial charge in [-0.1, -0.05) is 11.8 Å². The highest BCUT2D eigenvalue weighted by Gasteiger charge is 2.43. The monoisotopic (exact) mass is 370 g/mol. The molecule has 0 aliphatic carbocycles. The molecule has 0 spiro atoms. The number of aliphatic hydroxyl groups excluding tert-OH is 4. The number of aliphatic hydroxyl groups is 4. The van der Waals surface area contributed by atoms with Crippen molar-refractivity contribution in [2.24, 2.45) is 0 Å². The van der Waals surface area contributed by atoms with Crippen LogP contribution >= 0.6 is 0 Å². The molecular weight excluding hydrogens is 348 g/mol. The molecule has 6 N–H and O–H groups in total. The van der Waals surface area contributed by atoms with E-state index in [9.17, 15) is 24.9 Å². The number of hydrogen-bond donors (Lipinski definition) is 6. The third kappa shape index (κ3) is 5.25. The average Bonchev–Trinajstić information content (AvgIpc) is 2.62. The van der Waals surface area contributed by atoms with Crippen LogP contribution in [0.1, 0.15) is 24.8 Å². The highest BCUT2D eigenvalue weighted by atomic mass is 16.7. The Labute approximate surface area is 148 Å². The van der Waals surface area contributed by atoms with Gasteiger partial charge in [0.15, 0.2) is 6.29 Å². The summed E-state index contributed by atoms with van der Waals surface area (Å²) in [6.45, 7) is -0.298. The average molecular weight is 370 g/mol. The van der Waals surface area contributed by atoms with Crippen LogP contribution in [0.25, 0.3) is 0 Å². The minimum absolute atomic E-state index is 0.169. The predicted molar refractivity (Wildman–Crippen MR) is 88.1 cm³/mol. The Balaban J connectivity index is 1.71. The maximum absolute atomic E-state index is 11.4. The number of aromatic amines is 2. The molecular formula is C16H22N2O8. The van der Waals surface area contributed by atoms with Gasteiger partial charge in [0.25, 0.3) is 5.56 Å². The Morgan fingerprint density at radius 1 is 1.15 bits per heavy atom. The van der Waals surface area contributed by atoms with Gasteiger partial charge in [-0.05, 0) is 12.8 Å². The number of aromatic nitrogens is 2. The number of H-pyrrole nitrogens is 2. The van der Waals surface area contributed by atoms with Crippen LogP contribution in [0.4, 0.5) is 0 Å². The first-order chi connectivity index (χ1) is 12.4. The second-order valence-corrected chi connectivity index (χ2v) is 5.81. The lowest BCUT2D eigenvalue weighted by molar-refractivity contribution is -0.301. The van der Waals surface area contributed by atoms with Crippen molar-refractivity contribution >= 4 is 0 Å². The van der Waals surface area contributed by atoms with Gasteiger partial charge < -0.3 is 34.9 Å². The van der Waals surface area contributed by atoms with E-state index in [1.165, 1.54) is 6.20 Å². The van der Waals surface area contributed by atoms with E-state index in [0.29, 0.717) is 19.3 Å². The molecule has 0 bridgehead atoms. The van der Waals surface area contributed by atoms with E-state index in [1.54, 1.807) is 0 Å². The largest absolute Gasteiger partial charge is 0.394 e. The van der Waals surface area contributed by atoms with Crippen molar-refractivity contribution in [3.8, 4) is 11.8 Å². The molecule has 1 aliphatic rings. The first-order valence-corrected chi connectivity index (χ1v) is 8.17. The second kappa shape index (κ2) is 9.63. The molecule has 0 saturated carbocycles. The van der Waals surface area contributed by atoms with E-state index < -0.39 is 48.6 Å². The van der Waals surface area contributed by atoms with Crippen molar-refractivity contribution < 1.29 is 29.9 Å². The van der Waals surface area contributed by atoms with Gasteiger partial charge in [0.2, 0.25) is 0 Å². The van der Waals surface area contributed by atoms with Gasteiger partial charge in [-0.3, -0.25) is 9.78 Å². The van der Waals surface area contributed by atoms with Crippen LogP contribution in [-0.4, -0.2) is 74.3 Å². The van der Waals surface area contributed by atoms with Crippen molar-refractivity contribution in [2.45, 2.75) is 50.0 Å². The fourth-order valence-corrected chi connectivity index (χ4v) is 2.38. The minimum atomic E-state index is -1.47. The van der Waals surface area contributed by atoms with Gasteiger partial charge in [-0.15, -0.1) is 0 Å². The minimum Gasteiger partial charge on any atom is -0.394 e. The maximum Gasteiger partial charge on any atom is 0.325 e. The molecule has 1 fully saturated rings. The van der Waals surface area contributed by atoms with Crippen molar-refractivity contribution in [3.63, 3.8) is 0 Å². The van der Waals surface area contributed by atoms with Crippen molar-refractivity contribution in [2.75, 3.05) is 13.2 Å². The summed E-state index contributed by atoms with van der Waals surface area (Å²) < 4.78 is 10.6. The standard InChI is InChI=1S/C16H22N2O8/c19-8-10-11(20)12(21)13(22)15(26-10)25-6-4-2-1-3-5-9-7-17-16(24)18-14(9)23/h7,10-13,15,19-22H,1-2,4,6,8H2,(H2,17,18,23,24)/t10-,11+,12+,13-,15-/m1/s1. The van der Waals surface area contributed by atoms with Crippen LogP contribution in [0.15, 0.2) is 15.8 Å². The number of ether oxygens (including phenoxy) is 2. The summed E-state index contributed by atoms with van der Waals surface area (Å²) in [5.41, 5.74) is -0.972. The molecule has 1 saturated heterocycles. The first-order valence-electron chi connectivity index (χ1n) is 8.17. The molecule has 0 aromatic carbocycles. The summed E-state index contributed by atoms with van der Waals surface area (Å²) in [4.78, 5) is 26.7. The Bertz CT molecular complexity index is 747. The lowest BCUT2D eigenvalue weighted by Gasteiger charge is -2.39. The number of rotatable bonds is 6. The van der Waals surface area contributed by atoms with E-state index in [1.807, 2.05) is 0 Å². The molecule has 1 aromatic heterocycles. The zero-order valence-electron chi connectivity index (χ0n) is 13.9. The van der Waals surface area contributed by atoms with Crippen molar-refractivity contribution in [1.29, 1.82) is 0 Å². The second-order valence-electron chi connectivity index (χ2n) is 5.81. The molecule has 1 aromatic rings. The fraction of sp³-hybridized carbons (Fsp3) is 0.625. The number of unbranched alkanes of at least 4 members (excludes halogenated alkanes) is 2. The zero-order valence-corrected chi connectivity index (χ0v) is 13.9. The number of nitrogens with one attached hydrogen (secondary N) is 2. The van der Waals surface area contributed by atoms with Crippen LogP contribution < -0.4 is 11.2 Å². The van der Waals surface area contributed by atoms with Crippen LogP contribution in [0, 0.1) is 11.8 Å². The molecule has 2 heterocycles. The molecule has 1 aliphatic heterocycles. The van der Waals surface area contributed by atoms with Crippen LogP contribution in [0.3, 0.4) is 0 Å². The van der Waals surface area contributed by atoms with Crippen LogP contribution in [0.5, 0.6) is 0 Å². The summed E-state index contributed by atoms with van der Waals surface area (Å²) in [6.07, 6.45) is -3.49. The van der Waals surface area contributed by atoms with Crippen LogP contribution in [0.2, 0.25) is 0 Å². The van der Waals surface area contributed by atoms with Gasteiger partial charge in [0, 0.05) is 19.2 Å². The summed E-state index contributed by atoms with van der Waals surface area (Å²) >= 11 is 0. The topological polar surface area (TPSA) is 165 Å². The molecule has 10 nitrogen and oxygen atoms in total. The SMILES string of the molecule is O=c1[nH]cc(C#CCCCCO[C@@H]2O[C@H](CO)[C@H](O)[C@H](O)[C@H]2O)c(=O)[nH]1. The van der Waals surface area contributed by atoms with E-state index >= 15 is 0 Å². The fourth-order valence-electron chi connectivity index (χ4n) is 2.38. The lowest BCUT2D eigenvalue weighted by Crippen LogP contribution is -2.59. The third-order valence-electron chi connectivity index (χ3n) is 3.87. The van der Waals surface area contributed by atoms with Crippen molar-refractivity contribution in [1.82, 2.24) is 9.97 Å². The zero-order chi connectivity index (χ0) is 19.1. The molecule has 2 rings (SSSR count). The Morgan fingerprint density at radius 2 is 1.92 bits per heavy atom. The molecule has 26 heavy (non-hydrogen) atoms. The maximum atomic E-state index is 11.4. The van der Waals surface area contributed by atoms with Gasteiger partial charge >= 0.3 is 5.69 Å². The molecule has 0 radical (unpaired) electrons. The third-order valence-corrected chi connectivity index (χ3v) is 3.87. The molecule has 0 unspecified atom stereocenters. The van der Waals surface area contributed by atoms with E-state index in [4.69, 9.17) is 14.6 Å². The van der Waals surface area contributed by atoms with E-state index in [-0.39, 0.29) is 12.2 Å². The van der Waals surface area contributed by atoms with Gasteiger partial charge in [-0.25, -0.2) is 4.79 Å². The Morgan fingerprint density at radius 3 is 2.62 bits per heavy atom. The molecule has 0 amide bonds. The highest BCUT2D eigenvalue weighted by molar-refractivity contribution is 5.28. The quantitative estimate of drug-likeness (QED) is 0.234. The summed E-state index contributed by atoms with van der Waals surface area (Å²) in [6, 6.07) is 0. The molecule has 10 heteroatoms. The van der Waals surface area contributed by atoms with Crippen molar-refractivity contribution in [3.05, 3.63) is 32.6 Å². The highest BCUT2D eigenvalue weighted by Crippen LogP contribution is 2.22. The first kappa shape index (κ1) is 20.3. The van der Waals surface area contributed by atoms with E-state index in [0.717, 1.165) is 0 Å². The summed E-state index contributed by atoms with van der Waals surface area (Å²) in [5.74, 6) is 5.46. The Hall–Kier alpha value is -2.00. The normalized spacial score (nSPS) is 28.4. The van der Waals surface area contributed by atoms with Crippen LogP contribution in [-0.2, 0) is 9.47 Å². The summed E-state index contributed by atoms with van der Waals surface area (Å²) in [5, 5.41) is 38.2. The molecule has 144 valence electrons. The smallest absolute Gasteiger partial charge is 0.325 e. The number of hydrogen-bond acceptors (Lipinski definition) is 8. The summed E-state index contributed by atoms with van der Waals surface area (Å²) in [7, 11) is 0. The Kier molecular flexibility index (Phi) is 7.52. The molecule has 5 atom stereocenters. The van der Waals surface area contributed by atoms with Gasteiger partial charge in [-0.2, -0.15) is 0 Å².